The van der Waals surface area contributed by atoms with Gasteiger partial charge in [0.05, 0.1) is 0 Å². The second-order valence-electron chi connectivity index (χ2n) is 6.14. The minimum Gasteiger partial charge on any atom is -0.339 e. The fourth-order valence-electron chi connectivity index (χ4n) is 2.69. The van der Waals surface area contributed by atoms with Crippen molar-refractivity contribution in [2.45, 2.75) is 19.8 Å². The van der Waals surface area contributed by atoms with Crippen molar-refractivity contribution in [3.8, 4) is 0 Å². The number of hydrogen-bond donors (Lipinski definition) is 1. The molecule has 1 N–H and O–H groups in total. The van der Waals surface area contributed by atoms with Crippen LogP contribution in [0.2, 0.25) is 0 Å². The molecule has 0 bridgehead atoms. The van der Waals surface area contributed by atoms with Gasteiger partial charge in [-0.25, -0.2) is 0 Å². The Hall–Kier alpha value is -2.37. The second kappa shape index (κ2) is 6.40. The van der Waals surface area contributed by atoms with Gasteiger partial charge in [-0.3, -0.25) is 14.4 Å². The van der Waals surface area contributed by atoms with E-state index in [1.165, 1.54) is 0 Å². The molecule has 0 radical (unpaired) electrons. The van der Waals surface area contributed by atoms with Crippen molar-refractivity contribution in [3.05, 3.63) is 29.8 Å². The maximum Gasteiger partial charge on any atom is 0.253 e. The first kappa shape index (κ1) is 15.5. The lowest BCUT2D eigenvalue weighted by Gasteiger charge is -2.34. The molecule has 2 fully saturated rings. The van der Waals surface area contributed by atoms with Crippen LogP contribution in [0.1, 0.15) is 30.1 Å². The number of piperazine rings is 1. The predicted molar refractivity (Wildman–Crippen MR) is 86.0 cm³/mol. The number of hydrogen-bond acceptors (Lipinski definition) is 3. The van der Waals surface area contributed by atoms with E-state index in [0.29, 0.717) is 31.7 Å². The van der Waals surface area contributed by atoms with E-state index in [1.807, 2.05) is 0 Å². The molecular formula is C17H21N3O3. The van der Waals surface area contributed by atoms with E-state index in [4.69, 9.17) is 0 Å². The molecule has 1 aliphatic heterocycles. The highest BCUT2D eigenvalue weighted by atomic mass is 16.2. The zero-order chi connectivity index (χ0) is 16.4. The first-order chi connectivity index (χ1) is 11.0. The Balaban J connectivity index is 1.57. The molecule has 6 nitrogen and oxygen atoms in total. The third-order valence-electron chi connectivity index (χ3n) is 4.36. The Kier molecular flexibility index (Phi) is 4.32. The van der Waals surface area contributed by atoms with Crippen molar-refractivity contribution in [2.24, 2.45) is 5.92 Å². The molecule has 3 rings (SSSR count). The molecule has 23 heavy (non-hydrogen) atoms. The van der Waals surface area contributed by atoms with Gasteiger partial charge in [0, 0.05) is 50.3 Å². The third kappa shape index (κ3) is 3.70. The van der Waals surface area contributed by atoms with Crippen molar-refractivity contribution >= 4 is 23.4 Å². The lowest BCUT2D eigenvalue weighted by Crippen LogP contribution is -2.50. The molecule has 1 saturated heterocycles. The molecule has 1 aromatic carbocycles. The van der Waals surface area contributed by atoms with Crippen molar-refractivity contribution in [1.29, 1.82) is 0 Å². The Labute approximate surface area is 135 Å². The molecule has 6 heteroatoms. The van der Waals surface area contributed by atoms with E-state index in [1.54, 1.807) is 41.0 Å². The monoisotopic (exact) mass is 315 g/mol. The van der Waals surface area contributed by atoms with Crippen LogP contribution >= 0.6 is 0 Å². The van der Waals surface area contributed by atoms with Gasteiger partial charge < -0.3 is 15.1 Å². The maximum absolute atomic E-state index is 12.5. The van der Waals surface area contributed by atoms with Gasteiger partial charge in [-0.2, -0.15) is 0 Å². The minimum absolute atomic E-state index is 0.0340. The number of amides is 3. The first-order valence-electron chi connectivity index (χ1n) is 8.00. The summed E-state index contributed by atoms with van der Waals surface area (Å²) in [6.07, 6.45) is 1.93. The highest BCUT2D eigenvalue weighted by Crippen LogP contribution is 2.30. The third-order valence-corrected chi connectivity index (χ3v) is 4.36. The van der Waals surface area contributed by atoms with Crippen LogP contribution in [0.25, 0.3) is 0 Å². The number of rotatable bonds is 3. The summed E-state index contributed by atoms with van der Waals surface area (Å²) < 4.78 is 0. The van der Waals surface area contributed by atoms with E-state index in [2.05, 4.69) is 5.32 Å². The van der Waals surface area contributed by atoms with Crippen LogP contribution in [0.5, 0.6) is 0 Å². The highest BCUT2D eigenvalue weighted by molar-refractivity contribution is 5.97. The first-order valence-corrected chi connectivity index (χ1v) is 8.00. The van der Waals surface area contributed by atoms with E-state index < -0.39 is 0 Å². The fraction of sp³-hybridized carbons (Fsp3) is 0.471. The zero-order valence-electron chi connectivity index (χ0n) is 13.2. The Morgan fingerprint density at radius 3 is 2.04 bits per heavy atom. The Morgan fingerprint density at radius 2 is 1.52 bits per heavy atom. The average molecular weight is 315 g/mol. The molecule has 3 amide bonds. The van der Waals surface area contributed by atoms with Crippen LogP contribution in [-0.4, -0.2) is 53.7 Å². The predicted octanol–water partition coefficient (Wildman–Crippen LogP) is 1.34. The van der Waals surface area contributed by atoms with Gasteiger partial charge in [0.1, 0.15) is 0 Å². The molecule has 122 valence electrons. The molecule has 1 aliphatic carbocycles. The quantitative estimate of drug-likeness (QED) is 0.915. The minimum atomic E-state index is -0.0340. The van der Waals surface area contributed by atoms with Crippen LogP contribution in [0, 0.1) is 5.92 Å². The normalized spacial score (nSPS) is 17.8. The number of anilines is 1. The summed E-state index contributed by atoms with van der Waals surface area (Å²) >= 11 is 0. The largest absolute Gasteiger partial charge is 0.339 e. The Bertz CT molecular complexity index is 614. The van der Waals surface area contributed by atoms with Crippen LogP contribution < -0.4 is 5.32 Å². The van der Waals surface area contributed by atoms with Crippen LogP contribution in [0.4, 0.5) is 5.69 Å². The summed E-state index contributed by atoms with van der Waals surface area (Å²) in [5.41, 5.74) is 1.32. The summed E-state index contributed by atoms with van der Waals surface area (Å²) in [6, 6.07) is 7.00. The maximum atomic E-state index is 12.5. The molecule has 0 atom stereocenters. The topological polar surface area (TPSA) is 69.7 Å². The van der Waals surface area contributed by atoms with Crippen molar-refractivity contribution in [3.63, 3.8) is 0 Å². The summed E-state index contributed by atoms with van der Waals surface area (Å²) in [4.78, 5) is 39.0. The lowest BCUT2D eigenvalue weighted by molar-refractivity contribution is -0.130. The van der Waals surface area contributed by atoms with Crippen LogP contribution in [-0.2, 0) is 9.59 Å². The molecule has 0 aromatic heterocycles. The number of carbonyl (C=O) groups excluding carboxylic acids is 3. The summed E-state index contributed by atoms with van der Waals surface area (Å²) in [6.45, 7) is 3.82. The lowest BCUT2D eigenvalue weighted by atomic mass is 10.1. The van der Waals surface area contributed by atoms with Gasteiger partial charge >= 0.3 is 0 Å². The summed E-state index contributed by atoms with van der Waals surface area (Å²) in [5.74, 6) is 0.236. The van der Waals surface area contributed by atoms with E-state index in [-0.39, 0.29) is 23.6 Å². The van der Waals surface area contributed by atoms with Gasteiger partial charge in [-0.05, 0) is 37.1 Å². The van der Waals surface area contributed by atoms with Gasteiger partial charge in [0.15, 0.2) is 0 Å². The molecule has 2 aliphatic rings. The Morgan fingerprint density at radius 1 is 0.957 bits per heavy atom. The molecule has 0 unspecified atom stereocenters. The van der Waals surface area contributed by atoms with E-state index >= 15 is 0 Å². The summed E-state index contributed by atoms with van der Waals surface area (Å²) in [5, 5.41) is 2.86. The summed E-state index contributed by atoms with van der Waals surface area (Å²) in [7, 11) is 0. The van der Waals surface area contributed by atoms with Crippen LogP contribution in [0.3, 0.4) is 0 Å². The number of carbonyl (C=O) groups is 3. The van der Waals surface area contributed by atoms with Gasteiger partial charge in [0.25, 0.3) is 5.91 Å². The van der Waals surface area contributed by atoms with Crippen molar-refractivity contribution < 1.29 is 14.4 Å². The number of nitrogens with one attached hydrogen (secondary N) is 1. The van der Waals surface area contributed by atoms with Crippen molar-refractivity contribution in [1.82, 2.24) is 9.80 Å². The fourth-order valence-corrected chi connectivity index (χ4v) is 2.69. The van der Waals surface area contributed by atoms with Gasteiger partial charge in [-0.15, -0.1) is 0 Å². The second-order valence-corrected chi connectivity index (χ2v) is 6.14. The van der Waals surface area contributed by atoms with Crippen LogP contribution in [0.15, 0.2) is 24.3 Å². The van der Waals surface area contributed by atoms with Crippen molar-refractivity contribution in [2.75, 3.05) is 31.5 Å². The molecule has 1 aromatic rings. The van der Waals surface area contributed by atoms with Gasteiger partial charge in [0.2, 0.25) is 11.8 Å². The molecule has 1 saturated carbocycles. The average Bonchev–Trinajstić information content (AvgIpc) is 3.40. The van der Waals surface area contributed by atoms with E-state index in [0.717, 1.165) is 18.5 Å². The SMILES string of the molecule is CC(=O)N1CCN(C(=O)c2ccc(NC(=O)C3CC3)cc2)CC1. The highest BCUT2D eigenvalue weighted by Gasteiger charge is 2.29. The number of nitrogens with zero attached hydrogens (tertiary/aromatic N) is 2. The number of benzene rings is 1. The standard InChI is InChI=1S/C17H21N3O3/c1-12(21)19-8-10-20(11-9-19)17(23)14-4-6-15(7-5-14)18-16(22)13-2-3-13/h4-7,13H,2-3,8-11H2,1H3,(H,18,22). The van der Waals surface area contributed by atoms with Gasteiger partial charge in [-0.1, -0.05) is 0 Å². The molecular weight excluding hydrogens is 294 g/mol. The zero-order valence-corrected chi connectivity index (χ0v) is 13.2. The molecule has 0 spiro atoms. The van der Waals surface area contributed by atoms with E-state index in [9.17, 15) is 14.4 Å². The molecule has 1 heterocycles. The smallest absolute Gasteiger partial charge is 0.253 e.